The predicted molar refractivity (Wildman–Crippen MR) is 64.3 cm³/mol. The molecule has 0 radical (unpaired) electrons. The number of hydrogen-bond acceptors (Lipinski definition) is 4. The summed E-state index contributed by atoms with van der Waals surface area (Å²) in [5.41, 5.74) is 0. The molecule has 0 aliphatic carbocycles. The number of nitrogens with zero attached hydrogens (tertiary/aromatic N) is 2. The summed E-state index contributed by atoms with van der Waals surface area (Å²) in [5, 5.41) is 8.60. The highest BCUT2D eigenvalue weighted by atomic mass is 16.7. The fraction of sp³-hybridized carbons (Fsp3) is 0.923. The van der Waals surface area contributed by atoms with Crippen molar-refractivity contribution in [3.63, 3.8) is 0 Å². The maximum atomic E-state index is 8.60. The van der Waals surface area contributed by atoms with E-state index >= 15 is 0 Å². The Labute approximate surface area is 103 Å². The lowest BCUT2D eigenvalue weighted by atomic mass is 9.93. The lowest BCUT2D eigenvalue weighted by molar-refractivity contribution is -0.0746. The molecule has 2 heterocycles. The number of ether oxygens (including phenoxy) is 2. The lowest BCUT2D eigenvalue weighted by Crippen LogP contribution is -2.34. The van der Waals surface area contributed by atoms with Gasteiger partial charge in [-0.25, -0.2) is 0 Å². The molecule has 2 saturated heterocycles. The number of hydrogen-bond donors (Lipinski definition) is 0. The van der Waals surface area contributed by atoms with Crippen molar-refractivity contribution < 1.29 is 9.47 Å². The molecular formula is C13H22N2O2. The second-order valence-electron chi connectivity index (χ2n) is 5.00. The van der Waals surface area contributed by atoms with E-state index in [2.05, 4.69) is 17.9 Å². The van der Waals surface area contributed by atoms with Crippen molar-refractivity contribution >= 4 is 0 Å². The Bertz CT molecular complexity index is 269. The number of piperidine rings is 1. The molecule has 0 aromatic heterocycles. The molecule has 2 rings (SSSR count). The Morgan fingerprint density at radius 2 is 2.12 bits per heavy atom. The number of nitriles is 1. The fourth-order valence-electron chi connectivity index (χ4n) is 2.65. The Morgan fingerprint density at radius 3 is 2.76 bits per heavy atom. The fourth-order valence-corrected chi connectivity index (χ4v) is 2.65. The van der Waals surface area contributed by atoms with Gasteiger partial charge in [-0.3, -0.25) is 0 Å². The second kappa shape index (κ2) is 6.34. The Balaban J connectivity index is 1.67. The summed E-state index contributed by atoms with van der Waals surface area (Å²) in [4.78, 5) is 2.49. The van der Waals surface area contributed by atoms with Gasteiger partial charge in [0.15, 0.2) is 6.29 Å². The SMILES string of the molecule is CCN1CCC(CC2OCC(CC#N)O2)CC1. The monoisotopic (exact) mass is 238 g/mol. The molecule has 0 saturated carbocycles. The lowest BCUT2D eigenvalue weighted by Gasteiger charge is -2.31. The zero-order chi connectivity index (χ0) is 12.1. The molecule has 2 atom stereocenters. The third kappa shape index (κ3) is 3.67. The second-order valence-corrected chi connectivity index (χ2v) is 5.00. The predicted octanol–water partition coefficient (Wildman–Crippen LogP) is 1.76. The number of rotatable bonds is 4. The van der Waals surface area contributed by atoms with E-state index in [0.29, 0.717) is 13.0 Å². The van der Waals surface area contributed by atoms with Crippen molar-refractivity contribution in [2.24, 2.45) is 5.92 Å². The average molecular weight is 238 g/mol. The summed E-state index contributed by atoms with van der Waals surface area (Å²) in [6.07, 6.45) is 3.89. The summed E-state index contributed by atoms with van der Waals surface area (Å²) in [6.45, 7) is 6.38. The van der Waals surface area contributed by atoms with Gasteiger partial charge in [-0.05, 0) is 38.4 Å². The first-order valence-electron chi connectivity index (χ1n) is 6.68. The van der Waals surface area contributed by atoms with Crippen LogP contribution in [0.3, 0.4) is 0 Å². The van der Waals surface area contributed by atoms with E-state index in [1.54, 1.807) is 0 Å². The quantitative estimate of drug-likeness (QED) is 0.748. The number of likely N-dealkylation sites (tertiary alicyclic amines) is 1. The summed E-state index contributed by atoms with van der Waals surface area (Å²) in [5.74, 6) is 0.726. The first-order chi connectivity index (χ1) is 8.31. The molecule has 17 heavy (non-hydrogen) atoms. The van der Waals surface area contributed by atoms with Crippen LogP contribution in [0.2, 0.25) is 0 Å². The van der Waals surface area contributed by atoms with Gasteiger partial charge in [0.1, 0.15) is 0 Å². The maximum Gasteiger partial charge on any atom is 0.158 e. The minimum atomic E-state index is -0.0634. The van der Waals surface area contributed by atoms with Crippen molar-refractivity contribution in [1.29, 1.82) is 5.26 Å². The van der Waals surface area contributed by atoms with E-state index in [1.807, 2.05) is 0 Å². The zero-order valence-electron chi connectivity index (χ0n) is 10.6. The van der Waals surface area contributed by atoms with Crippen molar-refractivity contribution in [2.75, 3.05) is 26.2 Å². The Morgan fingerprint density at radius 1 is 1.35 bits per heavy atom. The highest BCUT2D eigenvalue weighted by Gasteiger charge is 2.29. The molecule has 0 aromatic rings. The van der Waals surface area contributed by atoms with Gasteiger partial charge in [0, 0.05) is 6.42 Å². The van der Waals surface area contributed by atoms with E-state index in [9.17, 15) is 0 Å². The highest BCUT2D eigenvalue weighted by molar-refractivity contribution is 4.80. The third-order valence-corrected chi connectivity index (χ3v) is 3.81. The molecule has 0 aromatic carbocycles. The standard InChI is InChI=1S/C13H22N2O2/c1-2-15-7-4-11(5-8-15)9-13-16-10-12(17-13)3-6-14/h11-13H,2-5,7-10H2,1H3. The van der Waals surface area contributed by atoms with Crippen LogP contribution in [0.4, 0.5) is 0 Å². The summed E-state index contributed by atoms with van der Waals surface area (Å²) < 4.78 is 11.3. The Hall–Kier alpha value is -0.630. The molecule has 2 aliphatic rings. The van der Waals surface area contributed by atoms with E-state index in [-0.39, 0.29) is 12.4 Å². The van der Waals surface area contributed by atoms with Gasteiger partial charge in [0.25, 0.3) is 0 Å². The third-order valence-electron chi connectivity index (χ3n) is 3.81. The molecule has 2 fully saturated rings. The normalized spacial score (nSPS) is 31.5. The van der Waals surface area contributed by atoms with Crippen LogP contribution in [-0.2, 0) is 9.47 Å². The van der Waals surface area contributed by atoms with Gasteiger partial charge >= 0.3 is 0 Å². The van der Waals surface area contributed by atoms with Gasteiger partial charge in [-0.15, -0.1) is 0 Å². The summed E-state index contributed by atoms with van der Waals surface area (Å²) >= 11 is 0. The van der Waals surface area contributed by atoms with E-state index in [1.165, 1.54) is 25.9 Å². The largest absolute Gasteiger partial charge is 0.350 e. The van der Waals surface area contributed by atoms with Crippen molar-refractivity contribution in [3.05, 3.63) is 0 Å². The molecule has 2 unspecified atom stereocenters. The van der Waals surface area contributed by atoms with Crippen LogP contribution in [0.1, 0.15) is 32.6 Å². The first-order valence-corrected chi connectivity index (χ1v) is 6.68. The molecule has 0 amide bonds. The van der Waals surface area contributed by atoms with Crippen LogP contribution < -0.4 is 0 Å². The van der Waals surface area contributed by atoms with E-state index < -0.39 is 0 Å². The van der Waals surface area contributed by atoms with Crippen LogP contribution >= 0.6 is 0 Å². The highest BCUT2D eigenvalue weighted by Crippen LogP contribution is 2.26. The minimum absolute atomic E-state index is 0.000677. The van der Waals surface area contributed by atoms with Gasteiger partial charge in [0.05, 0.1) is 25.2 Å². The molecule has 0 N–H and O–H groups in total. The maximum absolute atomic E-state index is 8.60. The van der Waals surface area contributed by atoms with Crippen molar-refractivity contribution in [1.82, 2.24) is 4.90 Å². The summed E-state index contributed by atoms with van der Waals surface area (Å²) in [7, 11) is 0. The Kier molecular flexibility index (Phi) is 4.78. The topological polar surface area (TPSA) is 45.5 Å². The van der Waals surface area contributed by atoms with Crippen molar-refractivity contribution in [2.45, 2.75) is 45.0 Å². The first kappa shape index (κ1) is 12.8. The van der Waals surface area contributed by atoms with E-state index in [0.717, 1.165) is 18.9 Å². The van der Waals surface area contributed by atoms with Crippen LogP contribution in [0.15, 0.2) is 0 Å². The molecule has 4 heteroatoms. The van der Waals surface area contributed by atoms with Crippen molar-refractivity contribution in [3.8, 4) is 6.07 Å². The van der Waals surface area contributed by atoms with Gasteiger partial charge in [0.2, 0.25) is 0 Å². The molecule has 96 valence electrons. The van der Waals surface area contributed by atoms with Gasteiger partial charge in [-0.2, -0.15) is 5.26 Å². The molecule has 0 bridgehead atoms. The van der Waals surface area contributed by atoms with Crippen LogP contribution in [-0.4, -0.2) is 43.5 Å². The summed E-state index contributed by atoms with van der Waals surface area (Å²) in [6, 6.07) is 2.14. The minimum Gasteiger partial charge on any atom is -0.350 e. The molecular weight excluding hydrogens is 216 g/mol. The van der Waals surface area contributed by atoms with Gasteiger partial charge in [-0.1, -0.05) is 6.92 Å². The van der Waals surface area contributed by atoms with Gasteiger partial charge < -0.3 is 14.4 Å². The average Bonchev–Trinajstić information content (AvgIpc) is 2.78. The van der Waals surface area contributed by atoms with E-state index in [4.69, 9.17) is 14.7 Å². The van der Waals surface area contributed by atoms with Crippen LogP contribution in [0.5, 0.6) is 0 Å². The van der Waals surface area contributed by atoms with Crippen LogP contribution in [0, 0.1) is 17.2 Å². The zero-order valence-corrected chi connectivity index (χ0v) is 10.6. The molecule has 0 spiro atoms. The van der Waals surface area contributed by atoms with Crippen LogP contribution in [0.25, 0.3) is 0 Å². The molecule has 2 aliphatic heterocycles. The smallest absolute Gasteiger partial charge is 0.158 e. The molecule has 4 nitrogen and oxygen atoms in total.